The van der Waals surface area contributed by atoms with Crippen molar-refractivity contribution in [2.45, 2.75) is 52.0 Å². The van der Waals surface area contributed by atoms with Gasteiger partial charge in [-0.1, -0.05) is 32.1 Å². The summed E-state index contributed by atoms with van der Waals surface area (Å²) in [6, 6.07) is 5.93. The molecule has 9 nitrogen and oxygen atoms in total. The first kappa shape index (κ1) is 24.2. The average molecular weight is 489 g/mol. The lowest BCUT2D eigenvalue weighted by Gasteiger charge is -2.27. The summed E-state index contributed by atoms with van der Waals surface area (Å²) in [6.07, 6.45) is 11.3. The van der Waals surface area contributed by atoms with Crippen LogP contribution in [-0.4, -0.2) is 63.2 Å². The van der Waals surface area contributed by atoms with Gasteiger partial charge in [0.05, 0.1) is 25.5 Å². The molecule has 0 atom stereocenters. The van der Waals surface area contributed by atoms with E-state index >= 15 is 0 Å². The van der Waals surface area contributed by atoms with E-state index in [2.05, 4.69) is 21.0 Å². The molecule has 188 valence electrons. The van der Waals surface area contributed by atoms with Crippen LogP contribution in [-0.2, 0) is 16.1 Å². The summed E-state index contributed by atoms with van der Waals surface area (Å²) in [7, 11) is 0. The van der Waals surface area contributed by atoms with Crippen molar-refractivity contribution in [2.75, 3.05) is 32.9 Å². The number of morpholine rings is 1. The first-order valence-corrected chi connectivity index (χ1v) is 12.8. The molecule has 0 N–H and O–H groups in total. The Labute approximate surface area is 211 Å². The minimum absolute atomic E-state index is 0.00158. The average Bonchev–Trinajstić information content (AvgIpc) is 3.32. The van der Waals surface area contributed by atoms with E-state index < -0.39 is 0 Å². The number of ether oxygens (including phenoxy) is 2. The number of aromatic nitrogens is 4. The maximum Gasteiger partial charge on any atom is 0.242 e. The van der Waals surface area contributed by atoms with E-state index in [1.807, 2.05) is 25.3 Å². The van der Waals surface area contributed by atoms with Crippen molar-refractivity contribution in [3.8, 4) is 23.2 Å². The zero-order chi connectivity index (χ0) is 24.9. The summed E-state index contributed by atoms with van der Waals surface area (Å²) in [4.78, 5) is 28.1. The van der Waals surface area contributed by atoms with Crippen molar-refractivity contribution in [3.05, 3.63) is 35.9 Å². The summed E-state index contributed by atoms with van der Waals surface area (Å²) < 4.78 is 13.1. The zero-order valence-corrected chi connectivity index (χ0v) is 20.8. The van der Waals surface area contributed by atoms with Crippen molar-refractivity contribution in [3.63, 3.8) is 0 Å². The second-order valence-corrected chi connectivity index (χ2v) is 9.67. The highest BCUT2D eigenvalue weighted by Crippen LogP contribution is 2.30. The number of aryl methyl sites for hydroxylation is 1. The molecule has 3 aromatic rings. The van der Waals surface area contributed by atoms with Crippen LogP contribution in [0.2, 0.25) is 0 Å². The van der Waals surface area contributed by atoms with Crippen LogP contribution < -0.4 is 4.74 Å². The summed E-state index contributed by atoms with van der Waals surface area (Å²) >= 11 is 0. The smallest absolute Gasteiger partial charge is 0.242 e. The van der Waals surface area contributed by atoms with Gasteiger partial charge < -0.3 is 18.9 Å². The quantitative estimate of drug-likeness (QED) is 0.497. The van der Waals surface area contributed by atoms with E-state index in [0.29, 0.717) is 50.1 Å². The summed E-state index contributed by atoms with van der Waals surface area (Å²) in [5.41, 5.74) is 2.89. The Bertz CT molecular complexity index is 1270. The number of fused-ring (bicyclic) bond motifs is 1. The Morgan fingerprint density at radius 2 is 2.03 bits per heavy atom. The van der Waals surface area contributed by atoms with E-state index in [4.69, 9.17) is 9.47 Å². The molecule has 0 spiro atoms. The molecule has 36 heavy (non-hydrogen) atoms. The molecule has 0 bridgehead atoms. The van der Waals surface area contributed by atoms with E-state index in [0.717, 1.165) is 28.9 Å². The van der Waals surface area contributed by atoms with Crippen molar-refractivity contribution >= 4 is 16.9 Å². The number of hydrogen-bond acceptors (Lipinski definition) is 7. The number of hydrogen-bond donors (Lipinski definition) is 0. The van der Waals surface area contributed by atoms with Gasteiger partial charge in [-0.15, -0.1) is 0 Å². The fourth-order valence-corrected chi connectivity index (χ4v) is 5.16. The first-order chi connectivity index (χ1) is 17.6. The molecule has 1 amide bonds. The Kier molecular flexibility index (Phi) is 7.42. The molecular weight excluding hydrogens is 456 g/mol. The summed E-state index contributed by atoms with van der Waals surface area (Å²) in [6.45, 7) is 5.07. The van der Waals surface area contributed by atoms with Gasteiger partial charge in [-0.05, 0) is 31.4 Å². The van der Waals surface area contributed by atoms with Crippen molar-refractivity contribution in [2.24, 2.45) is 5.92 Å². The molecule has 9 heteroatoms. The lowest BCUT2D eigenvalue weighted by molar-refractivity contribution is -0.135. The molecule has 2 aliphatic rings. The minimum atomic E-state index is 0.00158. The fraction of sp³-hybridized carbons (Fsp3) is 0.519. The van der Waals surface area contributed by atoms with Gasteiger partial charge >= 0.3 is 0 Å². The molecule has 3 aromatic heterocycles. The van der Waals surface area contributed by atoms with Crippen LogP contribution in [0.3, 0.4) is 0 Å². The fourth-order valence-electron chi connectivity index (χ4n) is 5.16. The van der Waals surface area contributed by atoms with Crippen LogP contribution in [0.15, 0.2) is 24.5 Å². The maximum absolute atomic E-state index is 12.8. The van der Waals surface area contributed by atoms with Crippen LogP contribution in [0.25, 0.3) is 22.3 Å². The van der Waals surface area contributed by atoms with Gasteiger partial charge in [-0.3, -0.25) is 4.79 Å². The minimum Gasteiger partial charge on any atom is -0.477 e. The zero-order valence-electron chi connectivity index (χ0n) is 20.8. The highest BCUT2D eigenvalue weighted by Gasteiger charge is 2.20. The van der Waals surface area contributed by atoms with E-state index in [1.165, 1.54) is 32.1 Å². The summed E-state index contributed by atoms with van der Waals surface area (Å²) in [5, 5.41) is 10.4. The monoisotopic (exact) mass is 488 g/mol. The number of rotatable bonds is 7. The third-order valence-corrected chi connectivity index (χ3v) is 7.18. The highest BCUT2D eigenvalue weighted by atomic mass is 16.5. The number of nitriles is 1. The topological polar surface area (TPSA) is 106 Å². The molecule has 1 aliphatic heterocycles. The number of amides is 1. The van der Waals surface area contributed by atoms with Crippen molar-refractivity contribution < 1.29 is 14.3 Å². The Hall–Kier alpha value is -3.51. The van der Waals surface area contributed by atoms with Gasteiger partial charge in [0, 0.05) is 42.0 Å². The third-order valence-electron chi connectivity index (χ3n) is 7.18. The van der Waals surface area contributed by atoms with Gasteiger partial charge in [0.1, 0.15) is 18.3 Å². The SMILES string of the molecule is Cc1cc(-c2nc(C#N)nc3c2ccn3CC(=O)N2CCOCC2)cnc1OCCC1CCCCC1. The molecule has 2 fully saturated rings. The Morgan fingerprint density at radius 1 is 1.22 bits per heavy atom. The van der Waals surface area contributed by atoms with E-state index in [-0.39, 0.29) is 18.3 Å². The summed E-state index contributed by atoms with van der Waals surface area (Å²) in [5.74, 6) is 1.45. The highest BCUT2D eigenvalue weighted by molar-refractivity contribution is 5.92. The normalized spacial score (nSPS) is 16.7. The third kappa shape index (κ3) is 5.34. The number of carbonyl (C=O) groups is 1. The molecule has 1 saturated heterocycles. The van der Waals surface area contributed by atoms with Crippen molar-refractivity contribution in [1.82, 2.24) is 24.4 Å². The molecular formula is C27H32N6O3. The van der Waals surface area contributed by atoms with Crippen LogP contribution >= 0.6 is 0 Å². The predicted molar refractivity (Wildman–Crippen MR) is 134 cm³/mol. The van der Waals surface area contributed by atoms with Crippen LogP contribution in [0.1, 0.15) is 49.9 Å². The number of nitrogens with zero attached hydrogens (tertiary/aromatic N) is 6. The Morgan fingerprint density at radius 3 is 2.78 bits per heavy atom. The largest absolute Gasteiger partial charge is 0.477 e. The second-order valence-electron chi connectivity index (χ2n) is 9.67. The first-order valence-electron chi connectivity index (χ1n) is 12.8. The van der Waals surface area contributed by atoms with E-state index in [1.54, 1.807) is 15.7 Å². The standard InChI is InChI=1S/C27H32N6O3/c1-19-15-21(17-29-27(19)36-12-8-20-5-3-2-4-6-20)25-22-7-9-33(26(22)31-23(16-28)30-25)18-24(34)32-10-13-35-14-11-32/h7,9,15,17,20H,2-6,8,10-14,18H2,1H3. The molecule has 0 aromatic carbocycles. The van der Waals surface area contributed by atoms with Crippen LogP contribution in [0.5, 0.6) is 5.88 Å². The van der Waals surface area contributed by atoms with E-state index in [9.17, 15) is 10.1 Å². The molecule has 1 aliphatic carbocycles. The van der Waals surface area contributed by atoms with Gasteiger partial charge in [0.15, 0.2) is 0 Å². The van der Waals surface area contributed by atoms with Crippen molar-refractivity contribution in [1.29, 1.82) is 5.26 Å². The van der Waals surface area contributed by atoms with Crippen LogP contribution in [0, 0.1) is 24.2 Å². The van der Waals surface area contributed by atoms with Gasteiger partial charge in [-0.25, -0.2) is 15.0 Å². The predicted octanol–water partition coefficient (Wildman–Crippen LogP) is 3.88. The molecule has 0 unspecified atom stereocenters. The molecule has 1 saturated carbocycles. The lowest BCUT2D eigenvalue weighted by Crippen LogP contribution is -2.42. The van der Waals surface area contributed by atoms with Gasteiger partial charge in [-0.2, -0.15) is 5.26 Å². The van der Waals surface area contributed by atoms with Gasteiger partial charge in [0.2, 0.25) is 17.6 Å². The van der Waals surface area contributed by atoms with Crippen LogP contribution in [0.4, 0.5) is 0 Å². The molecule has 5 rings (SSSR count). The maximum atomic E-state index is 12.8. The number of pyridine rings is 1. The molecule has 0 radical (unpaired) electrons. The second kappa shape index (κ2) is 11.0. The lowest BCUT2D eigenvalue weighted by atomic mass is 9.87. The number of carbonyl (C=O) groups excluding carboxylic acids is 1. The van der Waals surface area contributed by atoms with Gasteiger partial charge in [0.25, 0.3) is 0 Å². The Balaban J connectivity index is 1.35. The molecule has 4 heterocycles.